The lowest BCUT2D eigenvalue weighted by molar-refractivity contribution is -0.146. The van der Waals surface area contributed by atoms with Crippen LogP contribution >= 0.6 is 0 Å². The average molecular weight is 267 g/mol. The molecule has 4 aliphatic rings. The van der Waals surface area contributed by atoms with Gasteiger partial charge in [-0.05, 0) is 61.7 Å². The van der Waals surface area contributed by atoms with E-state index in [-0.39, 0.29) is 5.92 Å². The van der Waals surface area contributed by atoms with Crippen molar-refractivity contribution < 1.29 is 19.4 Å². The lowest BCUT2D eigenvalue weighted by atomic mass is 9.50. The van der Waals surface area contributed by atoms with Crippen LogP contribution in [-0.2, 0) is 9.53 Å². The number of rotatable bonds is 3. The van der Waals surface area contributed by atoms with Gasteiger partial charge in [-0.15, -0.1) is 0 Å². The van der Waals surface area contributed by atoms with Crippen LogP contribution in [0.25, 0.3) is 0 Å². The smallest absolute Gasteiger partial charge is 0.407 e. The Morgan fingerprint density at radius 2 is 1.63 bits per heavy atom. The number of ether oxygens (including phenoxy) is 1. The number of nitrogens with one attached hydrogen (secondary N) is 1. The van der Waals surface area contributed by atoms with Crippen LogP contribution in [0.1, 0.15) is 32.1 Å². The van der Waals surface area contributed by atoms with Gasteiger partial charge in [-0.2, -0.15) is 0 Å². The van der Waals surface area contributed by atoms with Crippen molar-refractivity contribution in [2.75, 3.05) is 7.11 Å². The summed E-state index contributed by atoms with van der Waals surface area (Å²) in [6.45, 7) is 0. The van der Waals surface area contributed by atoms with Gasteiger partial charge in [0.1, 0.15) is 6.04 Å². The van der Waals surface area contributed by atoms with E-state index in [0.717, 1.165) is 37.5 Å². The van der Waals surface area contributed by atoms with Crippen LogP contribution in [0, 0.1) is 29.6 Å². The van der Waals surface area contributed by atoms with Gasteiger partial charge in [0, 0.05) is 0 Å². The second kappa shape index (κ2) is 4.69. The first-order chi connectivity index (χ1) is 9.08. The molecule has 2 N–H and O–H groups in total. The second-order valence-corrected chi connectivity index (χ2v) is 6.46. The molecule has 0 aromatic heterocycles. The third-order valence-corrected chi connectivity index (χ3v) is 5.41. The van der Waals surface area contributed by atoms with Crippen molar-refractivity contribution >= 4 is 12.1 Å². The summed E-state index contributed by atoms with van der Waals surface area (Å²) in [4.78, 5) is 22.9. The van der Waals surface area contributed by atoms with Gasteiger partial charge >= 0.3 is 12.1 Å². The first kappa shape index (κ1) is 12.8. The first-order valence-electron chi connectivity index (χ1n) is 7.15. The monoisotopic (exact) mass is 267 g/mol. The number of carboxylic acids is 1. The van der Waals surface area contributed by atoms with Crippen molar-refractivity contribution in [2.45, 2.75) is 38.1 Å². The highest BCUT2D eigenvalue weighted by molar-refractivity contribution is 5.80. The quantitative estimate of drug-likeness (QED) is 0.818. The van der Waals surface area contributed by atoms with Gasteiger partial charge in [0.2, 0.25) is 0 Å². The third kappa shape index (κ3) is 2.19. The molecule has 4 saturated carbocycles. The Morgan fingerprint density at radius 3 is 2.05 bits per heavy atom. The lowest BCUT2D eigenvalue weighted by Gasteiger charge is -2.55. The third-order valence-electron chi connectivity index (χ3n) is 5.41. The zero-order valence-electron chi connectivity index (χ0n) is 11.2. The van der Waals surface area contributed by atoms with Gasteiger partial charge in [0.15, 0.2) is 0 Å². The van der Waals surface area contributed by atoms with Crippen molar-refractivity contribution in [2.24, 2.45) is 29.6 Å². The van der Waals surface area contributed by atoms with Crippen LogP contribution in [0.3, 0.4) is 0 Å². The van der Waals surface area contributed by atoms with E-state index in [1.54, 1.807) is 0 Å². The molecule has 0 saturated heterocycles. The Bertz CT molecular complexity index is 367. The standard InChI is InChI=1S/C14H21NO4/c1-19-14(18)15-12(13(16)17)11-9-3-7-2-8(5-9)6-10(11)4-7/h7-12H,2-6H2,1H3,(H,15,18)(H,16,17). The summed E-state index contributed by atoms with van der Waals surface area (Å²) in [6.07, 6.45) is 5.27. The van der Waals surface area contributed by atoms with Gasteiger partial charge < -0.3 is 15.2 Å². The Labute approximate surface area is 112 Å². The van der Waals surface area contributed by atoms with E-state index in [1.807, 2.05) is 0 Å². The number of hydrogen-bond acceptors (Lipinski definition) is 3. The molecular weight excluding hydrogens is 246 g/mol. The maximum absolute atomic E-state index is 11.5. The fraction of sp³-hybridized carbons (Fsp3) is 0.857. The van der Waals surface area contributed by atoms with Crippen LogP contribution in [0.4, 0.5) is 4.79 Å². The zero-order chi connectivity index (χ0) is 13.6. The summed E-state index contributed by atoms with van der Waals surface area (Å²) in [5, 5.41) is 12.0. The maximum atomic E-state index is 11.5. The van der Waals surface area contributed by atoms with Crippen LogP contribution in [0.15, 0.2) is 0 Å². The first-order valence-corrected chi connectivity index (χ1v) is 7.15. The van der Waals surface area contributed by atoms with Gasteiger partial charge in [-0.3, -0.25) is 0 Å². The van der Waals surface area contributed by atoms with E-state index in [4.69, 9.17) is 0 Å². The van der Waals surface area contributed by atoms with E-state index in [9.17, 15) is 14.7 Å². The van der Waals surface area contributed by atoms with E-state index in [2.05, 4.69) is 10.1 Å². The Morgan fingerprint density at radius 1 is 1.11 bits per heavy atom. The Balaban J connectivity index is 1.78. The molecule has 4 rings (SSSR count). The van der Waals surface area contributed by atoms with Crippen LogP contribution in [0.2, 0.25) is 0 Å². The molecule has 5 nitrogen and oxygen atoms in total. The van der Waals surface area contributed by atoms with Crippen molar-refractivity contribution in [3.8, 4) is 0 Å². The van der Waals surface area contributed by atoms with E-state index >= 15 is 0 Å². The molecule has 0 aromatic rings. The lowest BCUT2D eigenvalue weighted by Crippen LogP contribution is -2.56. The number of alkyl carbamates (subject to hydrolysis) is 1. The SMILES string of the molecule is COC(=O)NC(C(=O)O)C1C2CC3CC(C2)CC1C3. The highest BCUT2D eigenvalue weighted by Gasteiger charge is 2.52. The minimum Gasteiger partial charge on any atom is -0.480 e. The Hall–Kier alpha value is -1.26. The van der Waals surface area contributed by atoms with Crippen LogP contribution in [-0.4, -0.2) is 30.3 Å². The van der Waals surface area contributed by atoms with Gasteiger partial charge in [0.05, 0.1) is 7.11 Å². The van der Waals surface area contributed by atoms with E-state index < -0.39 is 18.1 Å². The molecule has 5 heteroatoms. The molecule has 1 amide bonds. The zero-order valence-corrected chi connectivity index (χ0v) is 11.2. The van der Waals surface area contributed by atoms with E-state index in [0.29, 0.717) is 11.8 Å². The number of carbonyl (C=O) groups is 2. The molecule has 1 atom stereocenters. The fourth-order valence-electron chi connectivity index (χ4n) is 5.02. The van der Waals surface area contributed by atoms with Gasteiger partial charge in [-0.25, -0.2) is 9.59 Å². The normalized spacial score (nSPS) is 40.8. The fourth-order valence-corrected chi connectivity index (χ4v) is 5.02. The number of carbonyl (C=O) groups excluding carboxylic acids is 1. The minimum absolute atomic E-state index is 0.0874. The molecule has 4 aliphatic carbocycles. The summed E-state index contributed by atoms with van der Waals surface area (Å²) >= 11 is 0. The molecule has 0 aromatic carbocycles. The van der Waals surface area contributed by atoms with Gasteiger partial charge in [0.25, 0.3) is 0 Å². The van der Waals surface area contributed by atoms with Crippen molar-refractivity contribution in [3.05, 3.63) is 0 Å². The summed E-state index contributed by atoms with van der Waals surface area (Å²) < 4.78 is 4.56. The molecule has 106 valence electrons. The van der Waals surface area contributed by atoms with Gasteiger partial charge in [-0.1, -0.05) is 0 Å². The second-order valence-electron chi connectivity index (χ2n) is 6.46. The van der Waals surface area contributed by atoms with E-state index in [1.165, 1.54) is 13.5 Å². The molecule has 4 bridgehead atoms. The molecule has 0 heterocycles. The summed E-state index contributed by atoms with van der Waals surface area (Å²) in [7, 11) is 1.27. The Kier molecular flexibility index (Phi) is 3.15. The summed E-state index contributed by atoms with van der Waals surface area (Å²) in [5.74, 6) is 1.69. The van der Waals surface area contributed by atoms with Crippen molar-refractivity contribution in [1.29, 1.82) is 0 Å². The average Bonchev–Trinajstić information content (AvgIpc) is 2.35. The number of hydrogen-bond donors (Lipinski definition) is 2. The molecular formula is C14H21NO4. The van der Waals surface area contributed by atoms with Crippen molar-refractivity contribution in [1.82, 2.24) is 5.32 Å². The maximum Gasteiger partial charge on any atom is 0.407 e. The molecule has 1 unspecified atom stereocenters. The van der Waals surface area contributed by atoms with Crippen LogP contribution < -0.4 is 5.32 Å². The number of methoxy groups -OCH3 is 1. The highest BCUT2D eigenvalue weighted by Crippen LogP contribution is 2.57. The van der Waals surface area contributed by atoms with Crippen molar-refractivity contribution in [3.63, 3.8) is 0 Å². The number of aliphatic carboxylic acids is 1. The molecule has 0 spiro atoms. The number of amides is 1. The molecule has 0 aliphatic heterocycles. The molecule has 0 radical (unpaired) electrons. The largest absolute Gasteiger partial charge is 0.480 e. The predicted octanol–water partition coefficient (Wildman–Crippen LogP) is 1.87. The predicted molar refractivity (Wildman–Crippen MR) is 67.5 cm³/mol. The molecule has 19 heavy (non-hydrogen) atoms. The summed E-state index contributed by atoms with van der Waals surface area (Å²) in [5.41, 5.74) is 0. The minimum atomic E-state index is -0.928. The summed E-state index contributed by atoms with van der Waals surface area (Å²) in [6, 6.07) is -0.789. The molecule has 4 fully saturated rings. The van der Waals surface area contributed by atoms with Crippen LogP contribution in [0.5, 0.6) is 0 Å². The topological polar surface area (TPSA) is 75.6 Å². The highest BCUT2D eigenvalue weighted by atomic mass is 16.5. The number of carboxylic acid groups (broad SMARTS) is 1.